The van der Waals surface area contributed by atoms with E-state index in [0.717, 1.165) is 16.8 Å². The van der Waals surface area contributed by atoms with Crippen molar-refractivity contribution in [3.63, 3.8) is 0 Å². The number of rotatable bonds is 3. The van der Waals surface area contributed by atoms with Crippen molar-refractivity contribution in [2.75, 3.05) is 11.1 Å². The number of halogens is 3. The second kappa shape index (κ2) is 5.68. The minimum absolute atomic E-state index is 0.117. The molecule has 2 nitrogen and oxygen atoms in total. The molecule has 0 saturated heterocycles. The lowest BCUT2D eigenvalue weighted by Gasteiger charge is -2.12. The number of benzene rings is 2. The van der Waals surface area contributed by atoms with Crippen molar-refractivity contribution in [3.8, 4) is 0 Å². The van der Waals surface area contributed by atoms with Crippen LogP contribution in [0, 0.1) is 12.7 Å². The smallest absolute Gasteiger partial charge is 0.141 e. The number of anilines is 2. The third-order valence-corrected chi connectivity index (χ3v) is 3.43. The monoisotopic (exact) mass is 298 g/mol. The van der Waals surface area contributed by atoms with Crippen LogP contribution in [0.4, 0.5) is 15.8 Å². The molecule has 0 aromatic heterocycles. The second-order valence-corrected chi connectivity index (χ2v) is 5.11. The van der Waals surface area contributed by atoms with E-state index in [9.17, 15) is 4.39 Å². The molecule has 0 aliphatic rings. The number of nitrogens with one attached hydrogen (secondary N) is 1. The highest BCUT2D eigenvalue weighted by Crippen LogP contribution is 2.27. The Kier molecular flexibility index (Phi) is 4.17. The molecule has 19 heavy (non-hydrogen) atoms. The topological polar surface area (TPSA) is 38.0 Å². The molecule has 5 heteroatoms. The molecule has 0 fully saturated rings. The molecular formula is C14H13Cl2FN2. The zero-order chi connectivity index (χ0) is 14.0. The van der Waals surface area contributed by atoms with Gasteiger partial charge >= 0.3 is 0 Å². The first-order chi connectivity index (χ1) is 8.97. The number of nitrogen functional groups attached to an aromatic ring is 1. The van der Waals surface area contributed by atoms with Gasteiger partial charge in [-0.3, -0.25) is 0 Å². The van der Waals surface area contributed by atoms with E-state index in [2.05, 4.69) is 5.32 Å². The maximum absolute atomic E-state index is 13.0. The predicted molar refractivity (Wildman–Crippen MR) is 79.3 cm³/mol. The number of hydrogen-bond donors (Lipinski definition) is 2. The summed E-state index contributed by atoms with van der Waals surface area (Å²) >= 11 is 11.7. The average Bonchev–Trinajstić information content (AvgIpc) is 2.36. The third kappa shape index (κ3) is 3.31. The molecule has 0 saturated carbocycles. The molecule has 0 radical (unpaired) electrons. The Morgan fingerprint density at radius 2 is 1.89 bits per heavy atom. The van der Waals surface area contributed by atoms with Crippen molar-refractivity contribution in [2.45, 2.75) is 13.5 Å². The van der Waals surface area contributed by atoms with E-state index in [1.54, 1.807) is 18.2 Å². The summed E-state index contributed by atoms with van der Waals surface area (Å²) in [6.45, 7) is 2.47. The molecule has 0 aliphatic heterocycles. The largest absolute Gasteiger partial charge is 0.398 e. The SMILES string of the molecule is Cc1cc(N)c(Cl)cc1NCc1ccc(F)c(Cl)c1. The van der Waals surface area contributed by atoms with E-state index in [-0.39, 0.29) is 5.02 Å². The van der Waals surface area contributed by atoms with Gasteiger partial charge in [-0.25, -0.2) is 4.39 Å². The van der Waals surface area contributed by atoms with Crippen LogP contribution in [0.1, 0.15) is 11.1 Å². The Morgan fingerprint density at radius 3 is 2.58 bits per heavy atom. The summed E-state index contributed by atoms with van der Waals surface area (Å²) in [7, 11) is 0. The van der Waals surface area contributed by atoms with Gasteiger partial charge in [-0.2, -0.15) is 0 Å². The molecule has 0 unspecified atom stereocenters. The molecule has 100 valence electrons. The van der Waals surface area contributed by atoms with E-state index in [0.29, 0.717) is 17.3 Å². The van der Waals surface area contributed by atoms with Gasteiger partial charge in [-0.15, -0.1) is 0 Å². The Bertz CT molecular complexity index is 615. The molecule has 2 aromatic rings. The van der Waals surface area contributed by atoms with Crippen molar-refractivity contribution in [1.29, 1.82) is 0 Å². The van der Waals surface area contributed by atoms with Gasteiger partial charge in [-0.1, -0.05) is 29.3 Å². The normalized spacial score (nSPS) is 10.5. The van der Waals surface area contributed by atoms with E-state index >= 15 is 0 Å². The fourth-order valence-corrected chi connectivity index (χ4v) is 2.11. The first-order valence-corrected chi connectivity index (χ1v) is 6.46. The van der Waals surface area contributed by atoms with Gasteiger partial charge in [0.15, 0.2) is 0 Å². The highest BCUT2D eigenvalue weighted by atomic mass is 35.5. The Balaban J connectivity index is 2.14. The van der Waals surface area contributed by atoms with Crippen LogP contribution in [0.25, 0.3) is 0 Å². The van der Waals surface area contributed by atoms with Crippen LogP contribution in [0.15, 0.2) is 30.3 Å². The van der Waals surface area contributed by atoms with Crippen molar-refractivity contribution in [2.24, 2.45) is 0 Å². The fourth-order valence-electron chi connectivity index (χ4n) is 1.74. The van der Waals surface area contributed by atoms with Crippen LogP contribution in [-0.4, -0.2) is 0 Å². The second-order valence-electron chi connectivity index (χ2n) is 4.29. The predicted octanol–water partition coefficient (Wildman–Crippen LogP) is 4.64. The molecule has 0 bridgehead atoms. The van der Waals surface area contributed by atoms with Crippen molar-refractivity contribution < 1.29 is 4.39 Å². The first kappa shape index (κ1) is 14.0. The summed E-state index contributed by atoms with van der Waals surface area (Å²) in [6, 6.07) is 8.21. The van der Waals surface area contributed by atoms with E-state index in [1.165, 1.54) is 6.07 Å². The fraction of sp³-hybridized carbons (Fsp3) is 0.143. The molecule has 0 atom stereocenters. The Morgan fingerprint density at radius 1 is 1.16 bits per heavy atom. The minimum atomic E-state index is -0.419. The highest BCUT2D eigenvalue weighted by Gasteiger charge is 2.05. The zero-order valence-electron chi connectivity index (χ0n) is 10.3. The maximum Gasteiger partial charge on any atom is 0.141 e. The number of hydrogen-bond acceptors (Lipinski definition) is 2. The standard InChI is InChI=1S/C14H13Cl2FN2/c1-8-4-13(18)11(16)6-14(8)19-7-9-2-3-12(17)10(15)5-9/h2-6,19H,7,18H2,1H3. The van der Waals surface area contributed by atoms with Gasteiger partial charge in [0.1, 0.15) is 5.82 Å². The van der Waals surface area contributed by atoms with Crippen molar-refractivity contribution >= 4 is 34.6 Å². The summed E-state index contributed by atoms with van der Waals surface area (Å²) in [4.78, 5) is 0. The van der Waals surface area contributed by atoms with Gasteiger partial charge in [0, 0.05) is 12.2 Å². The molecule has 2 aromatic carbocycles. The van der Waals surface area contributed by atoms with Gasteiger partial charge in [0.25, 0.3) is 0 Å². The lowest BCUT2D eigenvalue weighted by Crippen LogP contribution is -2.02. The van der Waals surface area contributed by atoms with Crippen LogP contribution in [0.2, 0.25) is 10.0 Å². The molecule has 0 spiro atoms. The molecule has 2 rings (SSSR count). The first-order valence-electron chi connectivity index (χ1n) is 5.71. The van der Waals surface area contributed by atoms with Gasteiger partial charge in [-0.05, 0) is 42.3 Å². The van der Waals surface area contributed by atoms with Crippen LogP contribution in [-0.2, 0) is 6.54 Å². The average molecular weight is 299 g/mol. The van der Waals surface area contributed by atoms with E-state index < -0.39 is 5.82 Å². The minimum Gasteiger partial charge on any atom is -0.398 e. The number of aryl methyl sites for hydroxylation is 1. The van der Waals surface area contributed by atoms with Crippen LogP contribution in [0.3, 0.4) is 0 Å². The van der Waals surface area contributed by atoms with E-state index in [4.69, 9.17) is 28.9 Å². The third-order valence-electron chi connectivity index (χ3n) is 2.81. The van der Waals surface area contributed by atoms with Crippen LogP contribution >= 0.6 is 23.2 Å². The highest BCUT2D eigenvalue weighted by molar-refractivity contribution is 6.33. The quantitative estimate of drug-likeness (QED) is 0.811. The van der Waals surface area contributed by atoms with E-state index in [1.807, 2.05) is 13.0 Å². The van der Waals surface area contributed by atoms with Gasteiger partial charge < -0.3 is 11.1 Å². The van der Waals surface area contributed by atoms with Gasteiger partial charge in [0.05, 0.1) is 15.7 Å². The molecule has 0 aliphatic carbocycles. The lowest BCUT2D eigenvalue weighted by molar-refractivity contribution is 0.627. The Labute approximate surface area is 121 Å². The van der Waals surface area contributed by atoms with Crippen molar-refractivity contribution in [3.05, 3.63) is 57.3 Å². The molecule has 0 heterocycles. The summed E-state index contributed by atoms with van der Waals surface area (Å²) in [5.41, 5.74) is 9.04. The van der Waals surface area contributed by atoms with Crippen LogP contribution in [0.5, 0.6) is 0 Å². The lowest BCUT2D eigenvalue weighted by atomic mass is 10.1. The summed E-state index contributed by atoms with van der Waals surface area (Å²) < 4.78 is 13.0. The van der Waals surface area contributed by atoms with Crippen molar-refractivity contribution in [1.82, 2.24) is 0 Å². The van der Waals surface area contributed by atoms with Gasteiger partial charge in [0.2, 0.25) is 0 Å². The maximum atomic E-state index is 13.0. The summed E-state index contributed by atoms with van der Waals surface area (Å²) in [6.07, 6.45) is 0. The number of nitrogens with two attached hydrogens (primary N) is 1. The molecule has 3 N–H and O–H groups in total. The molecule has 0 amide bonds. The summed E-state index contributed by atoms with van der Waals surface area (Å²) in [5.74, 6) is -0.419. The Hall–Kier alpha value is -1.45. The molecular weight excluding hydrogens is 286 g/mol. The summed E-state index contributed by atoms with van der Waals surface area (Å²) in [5, 5.41) is 3.84. The zero-order valence-corrected chi connectivity index (χ0v) is 11.8. The van der Waals surface area contributed by atoms with Crippen LogP contribution < -0.4 is 11.1 Å².